The summed E-state index contributed by atoms with van der Waals surface area (Å²) in [7, 11) is 0. The number of rotatable bonds is 4. The maximum absolute atomic E-state index is 10.8. The zero-order valence-electron chi connectivity index (χ0n) is 11.2. The number of hydrogen-bond donors (Lipinski definition) is 1. The molecule has 0 radical (unpaired) electrons. The second-order valence-electron chi connectivity index (χ2n) is 4.43. The van der Waals surface area contributed by atoms with Gasteiger partial charge in [-0.2, -0.15) is 0 Å². The summed E-state index contributed by atoms with van der Waals surface area (Å²) >= 11 is 0. The molecule has 1 aromatic carbocycles. The van der Waals surface area contributed by atoms with Crippen LogP contribution in [0.1, 0.15) is 35.5 Å². The van der Waals surface area contributed by atoms with Crippen LogP contribution in [-0.4, -0.2) is 16.1 Å². The van der Waals surface area contributed by atoms with Gasteiger partial charge in [0.25, 0.3) is 0 Å². The molecule has 19 heavy (non-hydrogen) atoms. The Kier molecular flexibility index (Phi) is 3.95. The highest BCUT2D eigenvalue weighted by molar-refractivity contribution is 5.85. The average Bonchev–Trinajstić information content (AvgIpc) is 2.46. The summed E-state index contributed by atoms with van der Waals surface area (Å²) in [5.41, 5.74) is 4.80. The van der Waals surface area contributed by atoms with E-state index in [1.807, 2.05) is 0 Å². The Morgan fingerprint density at radius 1 is 1.05 bits per heavy atom. The third kappa shape index (κ3) is 2.81. The number of carboxylic acids is 1. The molecule has 1 N–H and O–H groups in total. The number of benzene rings is 1. The quantitative estimate of drug-likeness (QED) is 0.908. The lowest BCUT2D eigenvalue weighted by Crippen LogP contribution is -1.99. The van der Waals surface area contributed by atoms with E-state index in [-0.39, 0.29) is 5.69 Å². The maximum Gasteiger partial charge on any atom is 0.354 e. The Morgan fingerprint density at radius 3 is 2.26 bits per heavy atom. The summed E-state index contributed by atoms with van der Waals surface area (Å²) in [4.78, 5) is 14.7. The van der Waals surface area contributed by atoms with Crippen molar-refractivity contribution in [3.8, 4) is 11.1 Å². The zero-order valence-corrected chi connectivity index (χ0v) is 11.2. The molecule has 0 aliphatic carbocycles. The molecule has 0 atom stereocenters. The molecule has 3 heteroatoms. The number of pyridine rings is 1. The molecule has 0 saturated heterocycles. The number of aryl methyl sites for hydroxylation is 2. The highest BCUT2D eigenvalue weighted by Crippen LogP contribution is 2.23. The average molecular weight is 255 g/mol. The summed E-state index contributed by atoms with van der Waals surface area (Å²) in [6.45, 7) is 4.29. The van der Waals surface area contributed by atoms with E-state index < -0.39 is 5.97 Å². The smallest absolute Gasteiger partial charge is 0.354 e. The molecular formula is C16H17NO2. The van der Waals surface area contributed by atoms with Crippen LogP contribution >= 0.6 is 0 Å². The predicted octanol–water partition coefficient (Wildman–Crippen LogP) is 3.57. The van der Waals surface area contributed by atoms with Crippen LogP contribution in [0.15, 0.2) is 36.5 Å². The van der Waals surface area contributed by atoms with Crippen molar-refractivity contribution in [3.05, 3.63) is 53.3 Å². The van der Waals surface area contributed by atoms with Gasteiger partial charge in [0.2, 0.25) is 0 Å². The fourth-order valence-electron chi connectivity index (χ4n) is 2.17. The highest BCUT2D eigenvalue weighted by Gasteiger charge is 2.06. The van der Waals surface area contributed by atoms with E-state index >= 15 is 0 Å². The van der Waals surface area contributed by atoms with Crippen molar-refractivity contribution < 1.29 is 9.90 Å². The fraction of sp³-hybridized carbons (Fsp3) is 0.250. The number of carboxylic acid groups (broad SMARTS) is 1. The lowest BCUT2D eigenvalue weighted by atomic mass is 9.97. The lowest BCUT2D eigenvalue weighted by molar-refractivity contribution is 0.0690. The summed E-state index contributed by atoms with van der Waals surface area (Å²) in [6, 6.07) is 9.71. The zero-order chi connectivity index (χ0) is 13.8. The van der Waals surface area contributed by atoms with Gasteiger partial charge >= 0.3 is 5.97 Å². The Morgan fingerprint density at radius 2 is 1.74 bits per heavy atom. The van der Waals surface area contributed by atoms with Gasteiger partial charge in [0.15, 0.2) is 0 Å². The van der Waals surface area contributed by atoms with Gasteiger partial charge in [-0.1, -0.05) is 38.1 Å². The Labute approximate surface area is 112 Å². The highest BCUT2D eigenvalue weighted by atomic mass is 16.4. The van der Waals surface area contributed by atoms with Crippen LogP contribution in [0.25, 0.3) is 11.1 Å². The number of nitrogens with zero attached hydrogens (tertiary/aromatic N) is 1. The molecule has 0 bridgehead atoms. The van der Waals surface area contributed by atoms with E-state index in [1.54, 1.807) is 12.3 Å². The lowest BCUT2D eigenvalue weighted by Gasteiger charge is -2.09. The molecule has 0 unspecified atom stereocenters. The van der Waals surface area contributed by atoms with Gasteiger partial charge < -0.3 is 5.11 Å². The fourth-order valence-corrected chi connectivity index (χ4v) is 2.17. The van der Waals surface area contributed by atoms with Gasteiger partial charge in [0.1, 0.15) is 5.69 Å². The van der Waals surface area contributed by atoms with Gasteiger partial charge in [0.05, 0.1) is 0 Å². The van der Waals surface area contributed by atoms with Crippen molar-refractivity contribution in [2.75, 3.05) is 0 Å². The molecule has 0 fully saturated rings. The second kappa shape index (κ2) is 5.65. The molecule has 1 aromatic heterocycles. The van der Waals surface area contributed by atoms with Gasteiger partial charge in [-0.3, -0.25) is 0 Å². The van der Waals surface area contributed by atoms with Crippen LogP contribution in [0.4, 0.5) is 0 Å². The molecule has 2 aromatic rings. The first kappa shape index (κ1) is 13.3. The van der Waals surface area contributed by atoms with Gasteiger partial charge in [-0.25, -0.2) is 9.78 Å². The van der Waals surface area contributed by atoms with E-state index in [9.17, 15) is 4.79 Å². The molecule has 0 aliphatic rings. The van der Waals surface area contributed by atoms with E-state index in [0.717, 1.165) is 24.0 Å². The minimum absolute atomic E-state index is 0.0737. The van der Waals surface area contributed by atoms with E-state index in [4.69, 9.17) is 5.11 Å². The van der Waals surface area contributed by atoms with Gasteiger partial charge in [0, 0.05) is 11.8 Å². The van der Waals surface area contributed by atoms with Gasteiger partial charge in [-0.05, 0) is 35.6 Å². The molecule has 98 valence electrons. The van der Waals surface area contributed by atoms with Crippen LogP contribution in [0.5, 0.6) is 0 Å². The number of carbonyl (C=O) groups is 1. The third-order valence-electron chi connectivity index (χ3n) is 3.28. The van der Waals surface area contributed by atoms with Crippen molar-refractivity contribution in [1.82, 2.24) is 4.98 Å². The summed E-state index contributed by atoms with van der Waals surface area (Å²) in [6.07, 6.45) is 3.64. The maximum atomic E-state index is 10.8. The largest absolute Gasteiger partial charge is 0.477 e. The Hall–Kier alpha value is -2.16. The SMILES string of the molecule is CCc1ccc(-c2ccc(C(=O)O)nc2)cc1CC. The Bertz CT molecular complexity index is 588. The molecule has 2 rings (SSSR count). The minimum atomic E-state index is -0.998. The van der Waals surface area contributed by atoms with Crippen molar-refractivity contribution in [2.45, 2.75) is 26.7 Å². The van der Waals surface area contributed by atoms with E-state index in [1.165, 1.54) is 17.2 Å². The molecular weight excluding hydrogens is 238 g/mol. The van der Waals surface area contributed by atoms with Gasteiger partial charge in [-0.15, -0.1) is 0 Å². The predicted molar refractivity (Wildman–Crippen MR) is 75.4 cm³/mol. The topological polar surface area (TPSA) is 50.2 Å². The molecule has 1 heterocycles. The van der Waals surface area contributed by atoms with Crippen molar-refractivity contribution in [3.63, 3.8) is 0 Å². The third-order valence-corrected chi connectivity index (χ3v) is 3.28. The summed E-state index contributed by atoms with van der Waals surface area (Å²) in [5.74, 6) is -0.998. The minimum Gasteiger partial charge on any atom is -0.477 e. The molecule has 0 amide bonds. The van der Waals surface area contributed by atoms with Crippen molar-refractivity contribution in [1.29, 1.82) is 0 Å². The first-order chi connectivity index (χ1) is 9.15. The standard InChI is InChI=1S/C16H17NO2/c1-3-11-5-6-13(9-12(11)4-2)14-7-8-15(16(18)19)17-10-14/h5-10H,3-4H2,1-2H3,(H,18,19). The number of aromatic carboxylic acids is 1. The monoisotopic (exact) mass is 255 g/mol. The van der Waals surface area contributed by atoms with Crippen molar-refractivity contribution in [2.24, 2.45) is 0 Å². The van der Waals surface area contributed by atoms with Crippen LogP contribution < -0.4 is 0 Å². The van der Waals surface area contributed by atoms with Crippen LogP contribution in [-0.2, 0) is 12.8 Å². The second-order valence-corrected chi connectivity index (χ2v) is 4.43. The first-order valence-corrected chi connectivity index (χ1v) is 6.47. The number of hydrogen-bond acceptors (Lipinski definition) is 2. The Balaban J connectivity index is 2.38. The number of aromatic nitrogens is 1. The van der Waals surface area contributed by atoms with Crippen LogP contribution in [0.3, 0.4) is 0 Å². The van der Waals surface area contributed by atoms with Crippen LogP contribution in [0, 0.1) is 0 Å². The first-order valence-electron chi connectivity index (χ1n) is 6.47. The molecule has 3 nitrogen and oxygen atoms in total. The molecule has 0 saturated carbocycles. The normalized spacial score (nSPS) is 10.4. The summed E-state index contributed by atoms with van der Waals surface area (Å²) in [5, 5.41) is 8.83. The van der Waals surface area contributed by atoms with Crippen molar-refractivity contribution >= 4 is 5.97 Å². The van der Waals surface area contributed by atoms with E-state index in [2.05, 4.69) is 37.0 Å². The van der Waals surface area contributed by atoms with E-state index in [0.29, 0.717) is 0 Å². The molecule has 0 aliphatic heterocycles. The molecule has 0 spiro atoms. The van der Waals surface area contributed by atoms with Crippen LogP contribution in [0.2, 0.25) is 0 Å². The summed E-state index contributed by atoms with van der Waals surface area (Å²) < 4.78 is 0.